The molecular weight excluding hydrogens is 206 g/mol. The van der Waals surface area contributed by atoms with Crippen molar-refractivity contribution in [3.05, 3.63) is 0 Å². The first kappa shape index (κ1) is 11.4. The predicted molar refractivity (Wildman–Crippen MR) is 59.7 cm³/mol. The Morgan fingerprint density at radius 2 is 2.31 bits per heavy atom. The molecule has 0 saturated carbocycles. The largest absolute Gasteiger partial charge is 0.356 e. The molecule has 16 heavy (non-hydrogen) atoms. The van der Waals surface area contributed by atoms with E-state index in [1.165, 1.54) is 6.42 Å². The summed E-state index contributed by atoms with van der Waals surface area (Å²) in [5.74, 6) is 0.544. The average Bonchev–Trinajstić information content (AvgIpc) is 2.89. The van der Waals surface area contributed by atoms with Gasteiger partial charge in [-0.2, -0.15) is 0 Å². The smallest absolute Gasteiger partial charge is 0.225 e. The molecule has 0 aromatic carbocycles. The lowest BCUT2D eigenvalue weighted by Crippen LogP contribution is -2.33. The fourth-order valence-electron chi connectivity index (χ4n) is 2.30. The van der Waals surface area contributed by atoms with Gasteiger partial charge in [-0.1, -0.05) is 0 Å². The summed E-state index contributed by atoms with van der Waals surface area (Å²) in [4.78, 5) is 22.6. The summed E-state index contributed by atoms with van der Waals surface area (Å²) < 4.78 is 0. The van der Waals surface area contributed by atoms with Gasteiger partial charge >= 0.3 is 0 Å². The summed E-state index contributed by atoms with van der Waals surface area (Å²) in [6.07, 6.45) is 2.59. The van der Waals surface area contributed by atoms with E-state index in [9.17, 15) is 9.59 Å². The lowest BCUT2D eigenvalue weighted by atomic mass is 10.0. The Morgan fingerprint density at radius 3 is 2.94 bits per heavy atom. The zero-order valence-corrected chi connectivity index (χ0v) is 9.42. The molecule has 0 aromatic heterocycles. The first-order chi connectivity index (χ1) is 7.75. The summed E-state index contributed by atoms with van der Waals surface area (Å²) in [5.41, 5.74) is 0. The van der Waals surface area contributed by atoms with Gasteiger partial charge in [0.25, 0.3) is 0 Å². The van der Waals surface area contributed by atoms with Crippen LogP contribution in [-0.2, 0) is 9.59 Å². The standard InChI is InChI=1S/C11H19N3O2/c15-10-5-9(7-14-10)11(16)13-4-2-8-1-3-12-6-8/h8-9,12H,1-7H2,(H,13,16)(H,14,15). The zero-order chi connectivity index (χ0) is 11.4. The van der Waals surface area contributed by atoms with Crippen molar-refractivity contribution >= 4 is 11.8 Å². The fraction of sp³-hybridized carbons (Fsp3) is 0.818. The van der Waals surface area contributed by atoms with E-state index in [0.29, 0.717) is 18.9 Å². The summed E-state index contributed by atoms with van der Waals surface area (Å²) in [5, 5.41) is 8.89. The van der Waals surface area contributed by atoms with Gasteiger partial charge in [-0.15, -0.1) is 0 Å². The van der Waals surface area contributed by atoms with Crippen LogP contribution in [0.4, 0.5) is 0 Å². The fourth-order valence-corrected chi connectivity index (χ4v) is 2.30. The third-order valence-corrected chi connectivity index (χ3v) is 3.36. The van der Waals surface area contributed by atoms with E-state index in [-0.39, 0.29) is 17.7 Å². The molecule has 2 aliphatic heterocycles. The molecule has 2 fully saturated rings. The number of carbonyl (C=O) groups is 2. The quantitative estimate of drug-likeness (QED) is 0.589. The Kier molecular flexibility index (Phi) is 3.77. The third kappa shape index (κ3) is 2.95. The molecule has 5 heteroatoms. The van der Waals surface area contributed by atoms with Crippen LogP contribution in [0.2, 0.25) is 0 Å². The Balaban J connectivity index is 1.61. The summed E-state index contributed by atoms with van der Waals surface area (Å²) >= 11 is 0. The van der Waals surface area contributed by atoms with Gasteiger partial charge in [0.05, 0.1) is 5.92 Å². The molecule has 0 bridgehead atoms. The molecule has 2 saturated heterocycles. The Morgan fingerprint density at radius 1 is 1.44 bits per heavy atom. The summed E-state index contributed by atoms with van der Waals surface area (Å²) in [6, 6.07) is 0. The molecule has 2 amide bonds. The van der Waals surface area contributed by atoms with Crippen molar-refractivity contribution in [1.29, 1.82) is 0 Å². The maximum atomic E-state index is 11.6. The van der Waals surface area contributed by atoms with Crippen molar-refractivity contribution in [2.24, 2.45) is 11.8 Å². The Hall–Kier alpha value is -1.10. The monoisotopic (exact) mass is 225 g/mol. The highest BCUT2D eigenvalue weighted by Gasteiger charge is 2.27. The molecule has 0 radical (unpaired) electrons. The van der Waals surface area contributed by atoms with Crippen LogP contribution in [0.3, 0.4) is 0 Å². The molecule has 0 aromatic rings. The van der Waals surface area contributed by atoms with Crippen molar-refractivity contribution in [3.8, 4) is 0 Å². The van der Waals surface area contributed by atoms with E-state index in [1.54, 1.807) is 0 Å². The van der Waals surface area contributed by atoms with Crippen molar-refractivity contribution < 1.29 is 9.59 Å². The second-order valence-corrected chi connectivity index (χ2v) is 4.64. The van der Waals surface area contributed by atoms with Crippen LogP contribution in [0.25, 0.3) is 0 Å². The topological polar surface area (TPSA) is 70.2 Å². The number of carbonyl (C=O) groups excluding carboxylic acids is 2. The summed E-state index contributed by atoms with van der Waals surface area (Å²) in [7, 11) is 0. The van der Waals surface area contributed by atoms with Gasteiger partial charge in [0.15, 0.2) is 0 Å². The van der Waals surface area contributed by atoms with Gasteiger partial charge in [0, 0.05) is 19.5 Å². The van der Waals surface area contributed by atoms with Crippen LogP contribution >= 0.6 is 0 Å². The molecular formula is C11H19N3O2. The third-order valence-electron chi connectivity index (χ3n) is 3.36. The van der Waals surface area contributed by atoms with Gasteiger partial charge in [-0.25, -0.2) is 0 Å². The maximum Gasteiger partial charge on any atom is 0.225 e. The molecule has 2 atom stereocenters. The lowest BCUT2D eigenvalue weighted by molar-refractivity contribution is -0.126. The zero-order valence-electron chi connectivity index (χ0n) is 9.42. The maximum absolute atomic E-state index is 11.6. The lowest BCUT2D eigenvalue weighted by Gasteiger charge is -2.11. The van der Waals surface area contributed by atoms with Crippen LogP contribution in [-0.4, -0.2) is 38.0 Å². The van der Waals surface area contributed by atoms with E-state index in [1.807, 2.05) is 0 Å². The van der Waals surface area contributed by atoms with Crippen molar-refractivity contribution in [3.63, 3.8) is 0 Å². The first-order valence-electron chi connectivity index (χ1n) is 6.01. The molecule has 0 aliphatic carbocycles. The minimum atomic E-state index is -0.158. The Bertz CT molecular complexity index is 274. The van der Waals surface area contributed by atoms with Crippen molar-refractivity contribution in [2.45, 2.75) is 19.3 Å². The van der Waals surface area contributed by atoms with Gasteiger partial charge in [-0.3, -0.25) is 9.59 Å². The molecule has 2 aliphatic rings. The SMILES string of the molecule is O=C1CC(C(=O)NCCC2CCNC2)CN1. The van der Waals surface area contributed by atoms with Gasteiger partial charge in [0.2, 0.25) is 11.8 Å². The summed E-state index contributed by atoms with van der Waals surface area (Å²) in [6.45, 7) is 3.39. The second-order valence-electron chi connectivity index (χ2n) is 4.64. The van der Waals surface area contributed by atoms with Crippen LogP contribution in [0, 0.1) is 11.8 Å². The predicted octanol–water partition coefficient (Wildman–Crippen LogP) is -0.762. The average molecular weight is 225 g/mol. The number of nitrogens with one attached hydrogen (secondary N) is 3. The van der Waals surface area contributed by atoms with Crippen LogP contribution in [0.15, 0.2) is 0 Å². The van der Waals surface area contributed by atoms with Gasteiger partial charge in [0.1, 0.15) is 0 Å². The minimum absolute atomic E-state index is 0.0138. The van der Waals surface area contributed by atoms with E-state index >= 15 is 0 Å². The highest BCUT2D eigenvalue weighted by atomic mass is 16.2. The molecule has 0 spiro atoms. The number of hydrogen-bond donors (Lipinski definition) is 3. The van der Waals surface area contributed by atoms with Crippen LogP contribution < -0.4 is 16.0 Å². The first-order valence-corrected chi connectivity index (χ1v) is 6.01. The Labute approximate surface area is 95.3 Å². The molecule has 3 N–H and O–H groups in total. The molecule has 2 heterocycles. The minimum Gasteiger partial charge on any atom is -0.356 e. The molecule has 2 rings (SSSR count). The van der Waals surface area contributed by atoms with Crippen LogP contribution in [0.5, 0.6) is 0 Å². The number of rotatable bonds is 4. The van der Waals surface area contributed by atoms with E-state index in [4.69, 9.17) is 0 Å². The van der Waals surface area contributed by atoms with Gasteiger partial charge in [-0.05, 0) is 31.8 Å². The normalized spacial score (nSPS) is 29.1. The highest BCUT2D eigenvalue weighted by molar-refractivity contribution is 5.89. The molecule has 90 valence electrons. The highest BCUT2D eigenvalue weighted by Crippen LogP contribution is 2.12. The van der Waals surface area contributed by atoms with E-state index in [2.05, 4.69) is 16.0 Å². The van der Waals surface area contributed by atoms with Gasteiger partial charge < -0.3 is 16.0 Å². The second kappa shape index (κ2) is 5.30. The molecule has 5 nitrogen and oxygen atoms in total. The van der Waals surface area contributed by atoms with Crippen LogP contribution in [0.1, 0.15) is 19.3 Å². The van der Waals surface area contributed by atoms with Crippen molar-refractivity contribution in [1.82, 2.24) is 16.0 Å². The van der Waals surface area contributed by atoms with E-state index < -0.39 is 0 Å². The number of hydrogen-bond acceptors (Lipinski definition) is 3. The van der Waals surface area contributed by atoms with Crippen molar-refractivity contribution in [2.75, 3.05) is 26.2 Å². The van der Waals surface area contributed by atoms with E-state index in [0.717, 1.165) is 26.1 Å². The molecule has 2 unspecified atom stereocenters. The number of amides is 2.